The summed E-state index contributed by atoms with van der Waals surface area (Å²) >= 11 is 6.49. The number of nitrogens with one attached hydrogen (secondary N) is 1. The molecular weight excluding hydrogens is 454 g/mol. The summed E-state index contributed by atoms with van der Waals surface area (Å²) in [6, 6.07) is 13.6. The van der Waals surface area contributed by atoms with Crippen LogP contribution in [0.3, 0.4) is 0 Å². The number of hydrogen-bond donors (Lipinski definition) is 1. The van der Waals surface area contributed by atoms with Crippen molar-refractivity contribution in [3.8, 4) is 11.5 Å². The maximum Gasteiger partial charge on any atom is 0.231 e. The van der Waals surface area contributed by atoms with Crippen LogP contribution < -0.4 is 14.8 Å². The van der Waals surface area contributed by atoms with Crippen LogP contribution in [0.2, 0.25) is 5.02 Å². The van der Waals surface area contributed by atoms with Crippen molar-refractivity contribution >= 4 is 17.5 Å². The summed E-state index contributed by atoms with van der Waals surface area (Å²) in [4.78, 5) is 14.9. The molecule has 0 aliphatic carbocycles. The van der Waals surface area contributed by atoms with Crippen molar-refractivity contribution in [3.63, 3.8) is 0 Å². The van der Waals surface area contributed by atoms with Gasteiger partial charge in [0, 0.05) is 50.1 Å². The third-order valence-corrected chi connectivity index (χ3v) is 6.68. The van der Waals surface area contributed by atoms with Crippen LogP contribution in [-0.2, 0) is 30.7 Å². The number of fused-ring (bicyclic) bond motifs is 2. The lowest BCUT2D eigenvalue weighted by molar-refractivity contribution is -0.121. The van der Waals surface area contributed by atoms with Gasteiger partial charge in [-0.1, -0.05) is 41.9 Å². The van der Waals surface area contributed by atoms with Crippen LogP contribution in [0.15, 0.2) is 42.5 Å². The zero-order valence-electron chi connectivity index (χ0n) is 19.2. The van der Waals surface area contributed by atoms with Gasteiger partial charge in [-0.2, -0.15) is 0 Å². The summed E-state index contributed by atoms with van der Waals surface area (Å²) in [6.45, 7) is 5.35. The number of carbonyl (C=O) groups excluding carboxylic acids is 1. The van der Waals surface area contributed by atoms with Crippen LogP contribution in [0, 0.1) is 0 Å². The number of carbonyl (C=O) groups is 1. The molecule has 5 rings (SSSR count). The average molecular weight is 482 g/mol. The molecule has 2 aliphatic heterocycles. The summed E-state index contributed by atoms with van der Waals surface area (Å²) < 4.78 is 13.1. The van der Waals surface area contributed by atoms with Crippen molar-refractivity contribution in [2.45, 2.75) is 45.3 Å². The number of halogens is 1. The molecule has 9 heteroatoms. The lowest BCUT2D eigenvalue weighted by atomic mass is 10.1. The summed E-state index contributed by atoms with van der Waals surface area (Å²) in [6.07, 6.45) is 1.94. The lowest BCUT2D eigenvalue weighted by Gasteiger charge is -2.21. The molecule has 34 heavy (non-hydrogen) atoms. The number of benzene rings is 2. The molecule has 0 unspecified atom stereocenters. The third kappa shape index (κ3) is 5.03. The van der Waals surface area contributed by atoms with Crippen molar-refractivity contribution in [3.05, 3.63) is 70.3 Å². The number of rotatable bonds is 7. The molecule has 0 spiro atoms. The molecule has 2 aromatic carbocycles. The van der Waals surface area contributed by atoms with Gasteiger partial charge in [0.2, 0.25) is 12.7 Å². The zero-order valence-corrected chi connectivity index (χ0v) is 19.9. The molecule has 0 saturated carbocycles. The Bertz CT molecular complexity index is 1170. The van der Waals surface area contributed by atoms with Crippen molar-refractivity contribution in [2.75, 3.05) is 19.9 Å². The number of hydrogen-bond acceptors (Lipinski definition) is 6. The molecular formula is C25H28ClN5O3. The number of nitrogens with zero attached hydrogens (tertiary/aromatic N) is 4. The maximum atomic E-state index is 12.5. The molecule has 1 N–H and O–H groups in total. The Morgan fingerprint density at radius 2 is 1.91 bits per heavy atom. The van der Waals surface area contributed by atoms with Crippen molar-refractivity contribution in [2.24, 2.45) is 0 Å². The first kappa shape index (κ1) is 22.7. The summed E-state index contributed by atoms with van der Waals surface area (Å²) in [7, 11) is 0. The van der Waals surface area contributed by atoms with Crippen molar-refractivity contribution in [1.29, 1.82) is 0 Å². The van der Waals surface area contributed by atoms with E-state index in [0.717, 1.165) is 61.1 Å². The fraction of sp³-hybridized carbons (Fsp3) is 0.400. The molecule has 0 radical (unpaired) electrons. The summed E-state index contributed by atoms with van der Waals surface area (Å²) in [5, 5.41) is 12.6. The normalized spacial score (nSPS) is 16.1. The van der Waals surface area contributed by atoms with Gasteiger partial charge in [0.15, 0.2) is 17.3 Å². The zero-order chi connectivity index (χ0) is 23.5. The first-order valence-electron chi connectivity index (χ1n) is 11.6. The minimum Gasteiger partial charge on any atom is -0.454 e. The first-order valence-corrected chi connectivity index (χ1v) is 12.0. The van der Waals surface area contributed by atoms with Crippen LogP contribution in [0.25, 0.3) is 0 Å². The van der Waals surface area contributed by atoms with Gasteiger partial charge in [0.05, 0.1) is 6.04 Å². The maximum absolute atomic E-state index is 12.5. The Balaban J connectivity index is 1.19. The molecule has 3 aromatic rings. The molecule has 0 fully saturated rings. The van der Waals surface area contributed by atoms with Crippen LogP contribution in [0.5, 0.6) is 11.5 Å². The average Bonchev–Trinajstić information content (AvgIpc) is 3.41. The van der Waals surface area contributed by atoms with E-state index in [1.54, 1.807) is 0 Å². The largest absolute Gasteiger partial charge is 0.454 e. The molecule has 1 amide bonds. The van der Waals surface area contributed by atoms with Crippen molar-refractivity contribution in [1.82, 2.24) is 25.0 Å². The summed E-state index contributed by atoms with van der Waals surface area (Å²) in [5.41, 5.74) is 2.17. The van der Waals surface area contributed by atoms with Crippen LogP contribution in [0.4, 0.5) is 0 Å². The Morgan fingerprint density at radius 3 is 2.74 bits per heavy atom. The highest BCUT2D eigenvalue weighted by molar-refractivity contribution is 6.31. The van der Waals surface area contributed by atoms with E-state index < -0.39 is 0 Å². The fourth-order valence-corrected chi connectivity index (χ4v) is 4.68. The van der Waals surface area contributed by atoms with Gasteiger partial charge in [-0.3, -0.25) is 9.69 Å². The van der Waals surface area contributed by atoms with E-state index in [4.69, 9.17) is 21.1 Å². The minimum absolute atomic E-state index is 0.0152. The van der Waals surface area contributed by atoms with E-state index in [9.17, 15) is 4.79 Å². The van der Waals surface area contributed by atoms with Crippen LogP contribution in [0.1, 0.15) is 42.2 Å². The monoisotopic (exact) mass is 481 g/mol. The molecule has 0 saturated heterocycles. The van der Waals surface area contributed by atoms with Gasteiger partial charge >= 0.3 is 0 Å². The molecule has 1 aromatic heterocycles. The van der Waals surface area contributed by atoms with Crippen LogP contribution in [-0.4, -0.2) is 45.5 Å². The third-order valence-electron chi connectivity index (χ3n) is 6.33. The Kier molecular flexibility index (Phi) is 6.69. The highest BCUT2D eigenvalue weighted by Gasteiger charge is 2.24. The molecule has 2 aliphatic rings. The molecule has 3 heterocycles. The van der Waals surface area contributed by atoms with Gasteiger partial charge in [-0.25, -0.2) is 0 Å². The highest BCUT2D eigenvalue weighted by atomic mass is 35.5. The van der Waals surface area contributed by atoms with E-state index >= 15 is 0 Å². The summed E-state index contributed by atoms with van der Waals surface area (Å²) in [5.74, 6) is 3.19. The number of amides is 1. The molecule has 1 atom stereocenters. The van der Waals surface area contributed by atoms with E-state index in [0.29, 0.717) is 23.6 Å². The first-order chi connectivity index (χ1) is 16.6. The number of aromatic nitrogens is 3. The Hall–Kier alpha value is -3.10. The number of ether oxygens (including phenoxy) is 2. The molecule has 0 bridgehead atoms. The predicted molar refractivity (Wildman–Crippen MR) is 128 cm³/mol. The minimum atomic E-state index is -0.209. The SMILES string of the molecule is C[C@H](NC(=O)CCc1ccccc1)c1nnc2n1CCN(Cc1cc3c(cc1Cl)OCO3)CC2. The second-order valence-corrected chi connectivity index (χ2v) is 9.13. The van der Waals surface area contributed by atoms with E-state index in [-0.39, 0.29) is 18.7 Å². The van der Waals surface area contributed by atoms with Crippen LogP contribution >= 0.6 is 11.6 Å². The smallest absolute Gasteiger partial charge is 0.231 e. The molecule has 8 nitrogen and oxygen atoms in total. The van der Waals surface area contributed by atoms with E-state index in [1.807, 2.05) is 49.4 Å². The highest BCUT2D eigenvalue weighted by Crippen LogP contribution is 2.37. The second-order valence-electron chi connectivity index (χ2n) is 8.72. The van der Waals surface area contributed by atoms with Gasteiger partial charge in [0.1, 0.15) is 5.82 Å². The molecule has 178 valence electrons. The predicted octanol–water partition coefficient (Wildman–Crippen LogP) is 3.53. The lowest BCUT2D eigenvalue weighted by Crippen LogP contribution is -2.30. The fourth-order valence-electron chi connectivity index (χ4n) is 4.47. The standard InChI is InChI=1S/C25H28ClN5O3/c1-17(27-24(32)8-7-18-5-3-2-4-6-18)25-29-28-23-9-10-30(11-12-31(23)25)15-19-13-21-22(14-20(19)26)34-16-33-21/h2-6,13-14,17H,7-12,15-16H2,1H3,(H,27,32)/t17-/m0/s1. The van der Waals surface area contributed by atoms with Gasteiger partial charge in [-0.15, -0.1) is 10.2 Å². The second kappa shape index (κ2) is 10.0. The van der Waals surface area contributed by atoms with E-state index in [2.05, 4.69) is 25.0 Å². The van der Waals surface area contributed by atoms with Gasteiger partial charge in [0.25, 0.3) is 0 Å². The van der Waals surface area contributed by atoms with Gasteiger partial charge < -0.3 is 19.4 Å². The van der Waals surface area contributed by atoms with Crippen molar-refractivity contribution < 1.29 is 14.3 Å². The number of aryl methyl sites for hydroxylation is 1. The topological polar surface area (TPSA) is 81.5 Å². The van der Waals surface area contributed by atoms with E-state index in [1.165, 1.54) is 0 Å². The Morgan fingerprint density at radius 1 is 1.12 bits per heavy atom. The Labute approximate surface area is 203 Å². The quantitative estimate of drug-likeness (QED) is 0.556. The van der Waals surface area contributed by atoms with Gasteiger partial charge in [-0.05, 0) is 30.5 Å².